The summed E-state index contributed by atoms with van der Waals surface area (Å²) in [6.45, 7) is 2.18. The van der Waals surface area contributed by atoms with Crippen LogP contribution in [0, 0.1) is 17.2 Å². The Hall–Kier alpha value is -1.84. The zero-order valence-corrected chi connectivity index (χ0v) is 11.9. The van der Waals surface area contributed by atoms with Gasteiger partial charge in [0.1, 0.15) is 0 Å². The SMILES string of the molecule is CC(CO)CSCc1nnc(-c2ccc(C#N)cc2)o1. The number of benzene rings is 1. The summed E-state index contributed by atoms with van der Waals surface area (Å²) in [5, 5.41) is 25.7. The Bertz CT molecular complexity index is 589. The molecule has 1 unspecified atom stereocenters. The number of aliphatic hydroxyl groups excluding tert-OH is 1. The van der Waals surface area contributed by atoms with Crippen molar-refractivity contribution in [1.82, 2.24) is 10.2 Å². The van der Waals surface area contributed by atoms with Gasteiger partial charge < -0.3 is 9.52 Å². The van der Waals surface area contributed by atoms with E-state index in [9.17, 15) is 0 Å². The van der Waals surface area contributed by atoms with Crippen LogP contribution in [0.2, 0.25) is 0 Å². The maximum absolute atomic E-state index is 8.94. The van der Waals surface area contributed by atoms with Gasteiger partial charge in [-0.3, -0.25) is 0 Å². The highest BCUT2D eigenvalue weighted by atomic mass is 32.2. The molecule has 2 aromatic rings. The van der Waals surface area contributed by atoms with Crippen molar-refractivity contribution in [3.05, 3.63) is 35.7 Å². The summed E-state index contributed by atoms with van der Waals surface area (Å²) in [6.07, 6.45) is 0. The lowest BCUT2D eigenvalue weighted by Gasteiger charge is -2.04. The summed E-state index contributed by atoms with van der Waals surface area (Å²) in [6, 6.07) is 9.08. The molecule has 1 N–H and O–H groups in total. The van der Waals surface area contributed by atoms with Crippen LogP contribution in [-0.2, 0) is 5.75 Å². The Kier molecular flexibility index (Phi) is 5.16. The summed E-state index contributed by atoms with van der Waals surface area (Å²) >= 11 is 1.65. The molecule has 0 aliphatic carbocycles. The van der Waals surface area contributed by atoms with Gasteiger partial charge in [-0.1, -0.05) is 6.92 Å². The average Bonchev–Trinajstić information content (AvgIpc) is 2.96. The van der Waals surface area contributed by atoms with Crippen molar-refractivity contribution in [1.29, 1.82) is 5.26 Å². The molecule has 0 radical (unpaired) electrons. The van der Waals surface area contributed by atoms with Gasteiger partial charge in [-0.25, -0.2) is 0 Å². The van der Waals surface area contributed by atoms with E-state index in [2.05, 4.69) is 16.3 Å². The first-order valence-corrected chi connectivity index (χ1v) is 7.40. The monoisotopic (exact) mass is 289 g/mol. The highest BCUT2D eigenvalue weighted by Crippen LogP contribution is 2.21. The Balaban J connectivity index is 1.96. The van der Waals surface area contributed by atoms with Crippen molar-refractivity contribution in [2.75, 3.05) is 12.4 Å². The summed E-state index contributed by atoms with van der Waals surface area (Å²) in [7, 11) is 0. The molecule has 2 rings (SSSR count). The zero-order chi connectivity index (χ0) is 14.4. The molecule has 1 heterocycles. The summed E-state index contributed by atoms with van der Waals surface area (Å²) in [5.41, 5.74) is 1.40. The van der Waals surface area contributed by atoms with E-state index in [0.29, 0.717) is 23.1 Å². The third-order valence-corrected chi connectivity index (χ3v) is 3.92. The van der Waals surface area contributed by atoms with Gasteiger partial charge in [-0.2, -0.15) is 17.0 Å². The van der Waals surface area contributed by atoms with E-state index < -0.39 is 0 Å². The maximum Gasteiger partial charge on any atom is 0.247 e. The van der Waals surface area contributed by atoms with Crippen molar-refractivity contribution in [2.24, 2.45) is 5.92 Å². The first-order valence-electron chi connectivity index (χ1n) is 6.24. The molecule has 20 heavy (non-hydrogen) atoms. The molecule has 0 spiro atoms. The molecule has 6 heteroatoms. The molecule has 0 amide bonds. The lowest BCUT2D eigenvalue weighted by Crippen LogP contribution is -2.03. The molecular weight excluding hydrogens is 274 g/mol. The predicted molar refractivity (Wildman–Crippen MR) is 76.9 cm³/mol. The number of hydrogen-bond acceptors (Lipinski definition) is 6. The highest BCUT2D eigenvalue weighted by Gasteiger charge is 2.09. The molecular formula is C14H15N3O2S. The van der Waals surface area contributed by atoms with E-state index in [1.54, 1.807) is 36.0 Å². The number of nitriles is 1. The summed E-state index contributed by atoms with van der Waals surface area (Å²) in [5.74, 6) is 2.78. The number of aliphatic hydroxyl groups is 1. The third-order valence-electron chi connectivity index (χ3n) is 2.67. The Labute approximate surface area is 121 Å². The maximum atomic E-state index is 8.94. The van der Waals surface area contributed by atoms with Gasteiger partial charge >= 0.3 is 0 Å². The van der Waals surface area contributed by atoms with E-state index >= 15 is 0 Å². The summed E-state index contributed by atoms with van der Waals surface area (Å²) in [4.78, 5) is 0. The Morgan fingerprint density at radius 1 is 1.35 bits per heavy atom. The lowest BCUT2D eigenvalue weighted by molar-refractivity contribution is 0.250. The van der Waals surface area contributed by atoms with Crippen LogP contribution in [0.15, 0.2) is 28.7 Å². The number of nitrogens with zero attached hydrogens (tertiary/aromatic N) is 3. The zero-order valence-electron chi connectivity index (χ0n) is 11.1. The highest BCUT2D eigenvalue weighted by molar-refractivity contribution is 7.98. The molecule has 0 saturated carbocycles. The first kappa shape index (κ1) is 14.6. The molecule has 0 saturated heterocycles. The topological polar surface area (TPSA) is 82.9 Å². The molecule has 0 aliphatic heterocycles. The Morgan fingerprint density at radius 3 is 2.75 bits per heavy atom. The Morgan fingerprint density at radius 2 is 2.10 bits per heavy atom. The molecule has 0 aliphatic rings. The van der Waals surface area contributed by atoms with Gasteiger partial charge in [0, 0.05) is 12.2 Å². The van der Waals surface area contributed by atoms with Crippen LogP contribution in [0.3, 0.4) is 0 Å². The number of thioether (sulfide) groups is 1. The van der Waals surface area contributed by atoms with Gasteiger partial charge in [0.15, 0.2) is 0 Å². The number of hydrogen-bond donors (Lipinski definition) is 1. The van der Waals surface area contributed by atoms with Crippen molar-refractivity contribution >= 4 is 11.8 Å². The largest absolute Gasteiger partial charge is 0.420 e. The molecule has 0 fully saturated rings. The minimum atomic E-state index is 0.188. The fourth-order valence-corrected chi connectivity index (χ4v) is 2.43. The van der Waals surface area contributed by atoms with E-state index in [1.807, 2.05) is 6.92 Å². The van der Waals surface area contributed by atoms with Crippen molar-refractivity contribution in [3.63, 3.8) is 0 Å². The minimum Gasteiger partial charge on any atom is -0.420 e. The van der Waals surface area contributed by atoms with Crippen LogP contribution >= 0.6 is 11.8 Å². The van der Waals surface area contributed by atoms with Gasteiger partial charge in [0.25, 0.3) is 0 Å². The third kappa shape index (κ3) is 3.83. The van der Waals surface area contributed by atoms with Gasteiger partial charge in [0.2, 0.25) is 11.8 Å². The van der Waals surface area contributed by atoms with Crippen molar-refractivity contribution in [2.45, 2.75) is 12.7 Å². The van der Waals surface area contributed by atoms with E-state index in [1.165, 1.54) is 0 Å². The van der Waals surface area contributed by atoms with Crippen LogP contribution in [-0.4, -0.2) is 27.7 Å². The molecule has 0 bridgehead atoms. The minimum absolute atomic E-state index is 0.188. The normalized spacial score (nSPS) is 12.1. The second-order valence-electron chi connectivity index (χ2n) is 4.49. The molecule has 1 aromatic carbocycles. The number of rotatable bonds is 6. The first-order chi connectivity index (χ1) is 9.72. The lowest BCUT2D eigenvalue weighted by atomic mass is 10.1. The average molecular weight is 289 g/mol. The molecule has 1 atom stereocenters. The van der Waals surface area contributed by atoms with Gasteiger partial charge in [-0.15, -0.1) is 10.2 Å². The second kappa shape index (κ2) is 7.08. The van der Waals surface area contributed by atoms with E-state index in [4.69, 9.17) is 14.8 Å². The standard InChI is InChI=1S/C14H15N3O2S/c1-10(7-18)8-20-9-13-16-17-14(19-13)12-4-2-11(6-15)3-5-12/h2-5,10,18H,7-9H2,1H3. The van der Waals surface area contributed by atoms with Crippen LogP contribution < -0.4 is 0 Å². The summed E-state index contributed by atoms with van der Waals surface area (Å²) < 4.78 is 5.57. The van der Waals surface area contributed by atoms with Gasteiger partial charge in [-0.05, 0) is 35.9 Å². The predicted octanol–water partition coefficient (Wildman–Crippen LogP) is 2.47. The molecule has 104 valence electrons. The van der Waals surface area contributed by atoms with Crippen molar-refractivity contribution < 1.29 is 9.52 Å². The molecule has 1 aromatic heterocycles. The fraction of sp³-hybridized carbons (Fsp3) is 0.357. The smallest absolute Gasteiger partial charge is 0.247 e. The van der Waals surface area contributed by atoms with Crippen LogP contribution in [0.4, 0.5) is 0 Å². The van der Waals surface area contributed by atoms with Crippen LogP contribution in [0.25, 0.3) is 11.5 Å². The second-order valence-corrected chi connectivity index (χ2v) is 5.52. The van der Waals surface area contributed by atoms with Crippen LogP contribution in [0.1, 0.15) is 18.4 Å². The van der Waals surface area contributed by atoms with Gasteiger partial charge in [0.05, 0.1) is 17.4 Å². The number of aromatic nitrogens is 2. The van der Waals surface area contributed by atoms with E-state index in [-0.39, 0.29) is 12.5 Å². The fourth-order valence-electron chi connectivity index (χ4n) is 1.52. The van der Waals surface area contributed by atoms with E-state index in [0.717, 1.165) is 11.3 Å². The van der Waals surface area contributed by atoms with Crippen molar-refractivity contribution in [3.8, 4) is 17.5 Å². The molecule has 5 nitrogen and oxygen atoms in total. The van der Waals surface area contributed by atoms with Crippen LogP contribution in [0.5, 0.6) is 0 Å². The quantitative estimate of drug-likeness (QED) is 0.879.